The summed E-state index contributed by atoms with van der Waals surface area (Å²) < 4.78 is 5.02. The van der Waals surface area contributed by atoms with Gasteiger partial charge < -0.3 is 20.3 Å². The maximum Gasteiger partial charge on any atom is 0.409 e. The first-order chi connectivity index (χ1) is 15.0. The van der Waals surface area contributed by atoms with E-state index in [9.17, 15) is 14.9 Å². The molecule has 12 nitrogen and oxygen atoms in total. The van der Waals surface area contributed by atoms with E-state index in [4.69, 9.17) is 10.5 Å². The Morgan fingerprint density at radius 1 is 1.26 bits per heavy atom. The van der Waals surface area contributed by atoms with Crippen molar-refractivity contribution in [2.45, 2.75) is 6.92 Å². The van der Waals surface area contributed by atoms with Crippen LogP contribution in [0.3, 0.4) is 0 Å². The topological polar surface area (TPSA) is 152 Å². The van der Waals surface area contributed by atoms with Gasteiger partial charge in [0.25, 0.3) is 5.69 Å². The van der Waals surface area contributed by atoms with Crippen LogP contribution in [0.1, 0.15) is 18.2 Å². The largest absolute Gasteiger partial charge is 0.450 e. The van der Waals surface area contributed by atoms with Gasteiger partial charge in [-0.2, -0.15) is 5.10 Å². The Labute approximate surface area is 178 Å². The van der Waals surface area contributed by atoms with E-state index in [0.29, 0.717) is 49.9 Å². The number of aromatic nitrogens is 2. The number of amides is 1. The van der Waals surface area contributed by atoms with Gasteiger partial charge in [0.1, 0.15) is 11.5 Å². The van der Waals surface area contributed by atoms with Gasteiger partial charge in [-0.3, -0.25) is 15.1 Å². The second-order valence-electron chi connectivity index (χ2n) is 6.51. The quantitative estimate of drug-likeness (QED) is 0.315. The van der Waals surface area contributed by atoms with Crippen LogP contribution in [0.5, 0.6) is 0 Å². The van der Waals surface area contributed by atoms with Crippen molar-refractivity contribution in [1.29, 1.82) is 0 Å². The highest BCUT2D eigenvalue weighted by molar-refractivity contribution is 5.96. The Kier molecular flexibility index (Phi) is 7.04. The van der Waals surface area contributed by atoms with Gasteiger partial charge in [0.05, 0.1) is 30.1 Å². The number of hydrogen-bond acceptors (Lipinski definition) is 9. The van der Waals surface area contributed by atoms with Crippen LogP contribution in [0, 0.1) is 10.1 Å². The van der Waals surface area contributed by atoms with E-state index in [1.807, 2.05) is 4.90 Å². The first-order valence-corrected chi connectivity index (χ1v) is 9.58. The van der Waals surface area contributed by atoms with Gasteiger partial charge in [-0.25, -0.2) is 9.78 Å². The van der Waals surface area contributed by atoms with Crippen molar-refractivity contribution >= 4 is 29.6 Å². The summed E-state index contributed by atoms with van der Waals surface area (Å²) in [4.78, 5) is 34.3. The van der Waals surface area contributed by atoms with Crippen LogP contribution >= 0.6 is 0 Å². The van der Waals surface area contributed by atoms with Crippen LogP contribution < -0.4 is 10.6 Å². The zero-order valence-corrected chi connectivity index (χ0v) is 16.9. The van der Waals surface area contributed by atoms with Gasteiger partial charge >= 0.3 is 6.09 Å². The van der Waals surface area contributed by atoms with Crippen molar-refractivity contribution in [2.24, 2.45) is 15.9 Å². The molecule has 1 fully saturated rings. The van der Waals surface area contributed by atoms with Crippen LogP contribution in [0.2, 0.25) is 0 Å². The summed E-state index contributed by atoms with van der Waals surface area (Å²) in [6.45, 7) is 4.34. The predicted octanol–water partition coefficient (Wildman–Crippen LogP) is 1.40. The lowest BCUT2D eigenvalue weighted by Crippen LogP contribution is -2.49. The van der Waals surface area contributed by atoms with Crippen molar-refractivity contribution in [2.75, 3.05) is 37.7 Å². The number of non-ortho nitro benzene ring substituents is 1. The number of nitrogens with zero attached hydrogens (tertiary/aromatic N) is 7. The van der Waals surface area contributed by atoms with Gasteiger partial charge in [-0.1, -0.05) is 0 Å². The van der Waals surface area contributed by atoms with E-state index in [0.717, 1.165) is 0 Å². The van der Waals surface area contributed by atoms with E-state index < -0.39 is 4.92 Å². The SMILES string of the molecule is CCOC(=O)N1CCN(c2cncc(/C(N)=N\N=C\c3ccc([N+](=O)[O-])cc3)n2)CC1. The van der Waals surface area contributed by atoms with Crippen molar-refractivity contribution in [1.82, 2.24) is 14.9 Å². The van der Waals surface area contributed by atoms with Gasteiger partial charge in [-0.15, -0.1) is 5.10 Å². The molecule has 3 rings (SSSR count). The smallest absolute Gasteiger partial charge is 0.409 e. The summed E-state index contributed by atoms with van der Waals surface area (Å²) in [6, 6.07) is 5.88. The summed E-state index contributed by atoms with van der Waals surface area (Å²) in [5.74, 6) is 0.705. The highest BCUT2D eigenvalue weighted by atomic mass is 16.6. The molecule has 0 bridgehead atoms. The van der Waals surface area contributed by atoms with Gasteiger partial charge in [0.2, 0.25) is 0 Å². The molecule has 0 saturated carbocycles. The Balaban J connectivity index is 1.62. The number of ether oxygens (including phenoxy) is 1. The second kappa shape index (κ2) is 10.1. The molecule has 1 aromatic heterocycles. The van der Waals surface area contributed by atoms with Crippen molar-refractivity contribution in [3.63, 3.8) is 0 Å². The molecule has 2 aromatic rings. The summed E-state index contributed by atoms with van der Waals surface area (Å²) >= 11 is 0. The minimum absolute atomic E-state index is 0.00431. The highest BCUT2D eigenvalue weighted by Crippen LogP contribution is 2.14. The summed E-state index contributed by atoms with van der Waals surface area (Å²) in [5, 5.41) is 18.5. The standard InChI is InChI=1S/C19H22N8O4/c1-2-31-19(28)26-9-7-25(8-10-26)17-13-21-12-16(23-17)18(20)24-22-11-14-3-5-15(6-4-14)27(29)30/h3-6,11-13H,2,7-10H2,1H3,(H2,20,24)/b22-11+. The Hall–Kier alpha value is -4.09. The molecule has 0 atom stereocenters. The minimum Gasteiger partial charge on any atom is -0.450 e. The molecule has 12 heteroatoms. The lowest BCUT2D eigenvalue weighted by Gasteiger charge is -2.34. The van der Waals surface area contributed by atoms with Crippen LogP contribution in [0.25, 0.3) is 0 Å². The van der Waals surface area contributed by atoms with E-state index in [2.05, 4.69) is 20.2 Å². The van der Waals surface area contributed by atoms with Gasteiger partial charge in [-0.05, 0) is 24.6 Å². The van der Waals surface area contributed by atoms with Crippen molar-refractivity contribution < 1.29 is 14.5 Å². The molecule has 31 heavy (non-hydrogen) atoms. The number of anilines is 1. The molecule has 0 aliphatic carbocycles. The number of carbonyl (C=O) groups excluding carboxylic acids is 1. The second-order valence-corrected chi connectivity index (χ2v) is 6.51. The number of nitrogens with two attached hydrogens (primary N) is 1. The molecular weight excluding hydrogens is 404 g/mol. The molecular formula is C19H22N8O4. The number of nitro benzene ring substituents is 1. The average Bonchev–Trinajstić information content (AvgIpc) is 2.79. The van der Waals surface area contributed by atoms with Crippen LogP contribution in [0.4, 0.5) is 16.3 Å². The molecule has 1 amide bonds. The Morgan fingerprint density at radius 3 is 2.61 bits per heavy atom. The van der Waals surface area contributed by atoms with Gasteiger partial charge in [0.15, 0.2) is 5.84 Å². The normalized spacial score (nSPS) is 14.7. The molecule has 1 aliphatic heterocycles. The third-order valence-corrected chi connectivity index (χ3v) is 4.49. The molecule has 2 N–H and O–H groups in total. The van der Waals surface area contributed by atoms with Gasteiger partial charge in [0, 0.05) is 38.3 Å². The van der Waals surface area contributed by atoms with Crippen LogP contribution in [-0.2, 0) is 4.74 Å². The number of amidine groups is 1. The van der Waals surface area contributed by atoms with Crippen LogP contribution in [0.15, 0.2) is 46.9 Å². The molecule has 0 unspecified atom stereocenters. The Morgan fingerprint density at radius 2 is 1.97 bits per heavy atom. The first-order valence-electron chi connectivity index (χ1n) is 9.58. The summed E-state index contributed by atoms with van der Waals surface area (Å²) in [5.41, 5.74) is 6.98. The fraction of sp³-hybridized carbons (Fsp3) is 0.316. The highest BCUT2D eigenvalue weighted by Gasteiger charge is 2.23. The number of piperazine rings is 1. The summed E-state index contributed by atoms with van der Waals surface area (Å²) in [7, 11) is 0. The molecule has 162 valence electrons. The molecule has 1 aliphatic rings. The maximum absolute atomic E-state index is 11.8. The number of rotatable bonds is 6. The van der Waals surface area contributed by atoms with Crippen molar-refractivity contribution in [3.8, 4) is 0 Å². The molecule has 1 aromatic carbocycles. The lowest BCUT2D eigenvalue weighted by molar-refractivity contribution is -0.384. The van der Waals surface area contributed by atoms with Crippen LogP contribution in [-0.4, -0.2) is 70.7 Å². The molecule has 1 saturated heterocycles. The fourth-order valence-corrected chi connectivity index (χ4v) is 2.86. The number of benzene rings is 1. The van der Waals surface area contributed by atoms with E-state index >= 15 is 0 Å². The molecule has 2 heterocycles. The third-order valence-electron chi connectivity index (χ3n) is 4.49. The zero-order valence-electron chi connectivity index (χ0n) is 16.9. The summed E-state index contributed by atoms with van der Waals surface area (Å²) in [6.07, 6.45) is 4.22. The van der Waals surface area contributed by atoms with E-state index in [-0.39, 0.29) is 17.6 Å². The Bertz CT molecular complexity index is 985. The number of carbonyl (C=O) groups is 1. The fourth-order valence-electron chi connectivity index (χ4n) is 2.86. The number of nitro groups is 1. The molecule has 0 spiro atoms. The zero-order chi connectivity index (χ0) is 22.2. The average molecular weight is 426 g/mol. The van der Waals surface area contributed by atoms with E-state index in [1.54, 1.807) is 30.2 Å². The molecule has 0 radical (unpaired) electrons. The third kappa shape index (κ3) is 5.72. The monoisotopic (exact) mass is 426 g/mol. The lowest BCUT2D eigenvalue weighted by atomic mass is 10.2. The minimum atomic E-state index is -0.473. The number of hydrogen-bond donors (Lipinski definition) is 1. The van der Waals surface area contributed by atoms with Crippen molar-refractivity contribution in [3.05, 3.63) is 58.0 Å². The predicted molar refractivity (Wildman–Crippen MR) is 114 cm³/mol. The first kappa shape index (κ1) is 21.6. The maximum atomic E-state index is 11.8. The van der Waals surface area contributed by atoms with E-state index in [1.165, 1.54) is 24.5 Å².